The summed E-state index contributed by atoms with van der Waals surface area (Å²) in [4.78, 5) is 35.6. The molecular weight excluding hydrogens is 289 g/mol. The molecule has 3 rings (SSSR count). The number of terminal acetylenes is 1. The number of carbonyl (C=O) groups is 2. The van der Waals surface area contributed by atoms with E-state index in [1.165, 1.54) is 23.7 Å². The summed E-state index contributed by atoms with van der Waals surface area (Å²) in [5.41, 5.74) is -0.162. The number of imidazole rings is 1. The fourth-order valence-electron chi connectivity index (χ4n) is 2.77. The Labute approximate surface area is 124 Å². The predicted octanol–water partition coefficient (Wildman–Crippen LogP) is 0.438. The van der Waals surface area contributed by atoms with Crippen molar-refractivity contribution in [2.75, 3.05) is 0 Å². The molecule has 1 atom stereocenters. The van der Waals surface area contributed by atoms with E-state index < -0.39 is 23.5 Å². The maximum atomic E-state index is 14.4. The van der Waals surface area contributed by atoms with Crippen LogP contribution in [0, 0.1) is 18.2 Å². The van der Waals surface area contributed by atoms with Crippen LogP contribution in [0.25, 0.3) is 11.0 Å². The Bertz CT molecular complexity index is 917. The zero-order chi connectivity index (χ0) is 16.0. The van der Waals surface area contributed by atoms with Gasteiger partial charge in [0.1, 0.15) is 11.6 Å². The molecule has 1 aromatic carbocycles. The second kappa shape index (κ2) is 4.84. The fraction of sp³-hybridized carbons (Fsp3) is 0.267. The second-order valence-corrected chi connectivity index (χ2v) is 5.12. The molecule has 1 unspecified atom stereocenters. The minimum absolute atomic E-state index is 0.0449. The van der Waals surface area contributed by atoms with E-state index in [4.69, 9.17) is 6.42 Å². The average molecular weight is 301 g/mol. The number of carbonyl (C=O) groups excluding carboxylic acids is 2. The van der Waals surface area contributed by atoms with Gasteiger partial charge in [0.15, 0.2) is 5.82 Å². The fourth-order valence-corrected chi connectivity index (χ4v) is 2.77. The van der Waals surface area contributed by atoms with Gasteiger partial charge in [0.05, 0.1) is 11.1 Å². The van der Waals surface area contributed by atoms with Crippen molar-refractivity contribution >= 4 is 22.8 Å². The van der Waals surface area contributed by atoms with Crippen LogP contribution in [0.3, 0.4) is 0 Å². The number of rotatable bonds is 1. The standard InChI is InChI=1S/C15H12FN3O3/c1-3-8-4-5-9-13(12(8)16)18(2)15(22)19(9)10-6-7-11(20)17-14(10)21/h1,4-5,10H,6-7H2,2H3,(H,17,20,21). The lowest BCUT2D eigenvalue weighted by atomic mass is 10.1. The number of hydrogen-bond acceptors (Lipinski definition) is 3. The first kappa shape index (κ1) is 14.1. The molecule has 1 aliphatic rings. The Balaban J connectivity index is 2.28. The highest BCUT2D eigenvalue weighted by atomic mass is 19.1. The molecule has 0 aliphatic carbocycles. The molecule has 1 fully saturated rings. The molecule has 2 amide bonds. The quantitative estimate of drug-likeness (QED) is 0.613. The Hall–Kier alpha value is -2.88. The number of hydrogen-bond donors (Lipinski definition) is 1. The SMILES string of the molecule is C#Cc1ccc2c(c1F)n(C)c(=O)n2C1CCC(=O)NC1=O. The van der Waals surface area contributed by atoms with Gasteiger partial charge in [-0.05, 0) is 18.6 Å². The van der Waals surface area contributed by atoms with E-state index in [9.17, 15) is 18.8 Å². The number of imide groups is 1. The molecule has 0 saturated carbocycles. The van der Waals surface area contributed by atoms with Crippen LogP contribution in [0.1, 0.15) is 24.4 Å². The van der Waals surface area contributed by atoms with E-state index in [0.29, 0.717) is 0 Å². The third kappa shape index (κ3) is 1.84. The first-order chi connectivity index (χ1) is 10.5. The minimum atomic E-state index is -0.843. The number of amides is 2. The highest BCUT2D eigenvalue weighted by molar-refractivity contribution is 6.00. The van der Waals surface area contributed by atoms with Gasteiger partial charge < -0.3 is 0 Å². The summed E-state index contributed by atoms with van der Waals surface area (Å²) in [5, 5.41) is 2.19. The summed E-state index contributed by atoms with van der Waals surface area (Å²) < 4.78 is 16.7. The number of nitrogens with zero attached hydrogens (tertiary/aromatic N) is 2. The van der Waals surface area contributed by atoms with Gasteiger partial charge in [-0.25, -0.2) is 9.18 Å². The lowest BCUT2D eigenvalue weighted by Crippen LogP contribution is -2.44. The summed E-state index contributed by atoms with van der Waals surface area (Å²) in [6, 6.07) is 2.06. The minimum Gasteiger partial charge on any atom is -0.295 e. The summed E-state index contributed by atoms with van der Waals surface area (Å²) in [6.07, 6.45) is 5.56. The zero-order valence-electron chi connectivity index (χ0n) is 11.7. The summed E-state index contributed by atoms with van der Waals surface area (Å²) in [6.45, 7) is 0. The van der Waals surface area contributed by atoms with Crippen LogP contribution in [0.15, 0.2) is 16.9 Å². The lowest BCUT2D eigenvalue weighted by molar-refractivity contribution is -0.135. The van der Waals surface area contributed by atoms with Crippen molar-refractivity contribution < 1.29 is 14.0 Å². The smallest absolute Gasteiger partial charge is 0.295 e. The number of piperidine rings is 1. The van der Waals surface area contributed by atoms with Crippen LogP contribution in [0.4, 0.5) is 4.39 Å². The van der Waals surface area contributed by atoms with Crippen molar-refractivity contribution in [1.82, 2.24) is 14.5 Å². The van der Waals surface area contributed by atoms with Crippen molar-refractivity contribution in [1.29, 1.82) is 0 Å². The monoisotopic (exact) mass is 301 g/mol. The van der Waals surface area contributed by atoms with Crippen molar-refractivity contribution in [3.8, 4) is 12.3 Å². The number of nitrogens with one attached hydrogen (secondary N) is 1. The van der Waals surface area contributed by atoms with E-state index in [1.807, 2.05) is 0 Å². The first-order valence-electron chi connectivity index (χ1n) is 6.65. The first-order valence-corrected chi connectivity index (χ1v) is 6.65. The second-order valence-electron chi connectivity index (χ2n) is 5.12. The van der Waals surface area contributed by atoms with Crippen molar-refractivity contribution in [2.45, 2.75) is 18.9 Å². The number of fused-ring (bicyclic) bond motifs is 1. The predicted molar refractivity (Wildman–Crippen MR) is 76.5 cm³/mol. The Kier molecular flexibility index (Phi) is 3.10. The molecule has 0 bridgehead atoms. The van der Waals surface area contributed by atoms with Gasteiger partial charge in [-0.3, -0.25) is 24.0 Å². The van der Waals surface area contributed by atoms with Crippen LogP contribution in [0.5, 0.6) is 0 Å². The Morgan fingerprint density at radius 2 is 2.09 bits per heavy atom. The summed E-state index contributed by atoms with van der Waals surface area (Å²) in [7, 11) is 1.41. The van der Waals surface area contributed by atoms with E-state index in [2.05, 4.69) is 11.2 Å². The number of aryl methyl sites for hydroxylation is 1. The number of halogens is 1. The van der Waals surface area contributed by atoms with Crippen LogP contribution < -0.4 is 11.0 Å². The molecule has 0 spiro atoms. The third-order valence-corrected chi connectivity index (χ3v) is 3.86. The van der Waals surface area contributed by atoms with Gasteiger partial charge in [-0.1, -0.05) is 5.92 Å². The normalized spacial score (nSPS) is 18.3. The Morgan fingerprint density at radius 3 is 2.73 bits per heavy atom. The third-order valence-electron chi connectivity index (χ3n) is 3.86. The molecule has 0 radical (unpaired) electrons. The molecule has 7 heteroatoms. The van der Waals surface area contributed by atoms with Crippen molar-refractivity contribution in [3.05, 3.63) is 34.0 Å². The highest BCUT2D eigenvalue weighted by Crippen LogP contribution is 2.25. The molecule has 6 nitrogen and oxygen atoms in total. The van der Waals surface area contributed by atoms with Gasteiger partial charge in [0.2, 0.25) is 11.8 Å². The van der Waals surface area contributed by atoms with Crippen LogP contribution >= 0.6 is 0 Å². The van der Waals surface area contributed by atoms with Gasteiger partial charge in [0, 0.05) is 13.5 Å². The topological polar surface area (TPSA) is 73.1 Å². The largest absolute Gasteiger partial charge is 0.329 e. The van der Waals surface area contributed by atoms with E-state index in [1.54, 1.807) is 0 Å². The molecule has 22 heavy (non-hydrogen) atoms. The van der Waals surface area contributed by atoms with Crippen molar-refractivity contribution in [2.24, 2.45) is 7.05 Å². The molecular formula is C15H12FN3O3. The maximum absolute atomic E-state index is 14.4. The average Bonchev–Trinajstić information content (AvgIpc) is 2.73. The number of benzene rings is 1. The maximum Gasteiger partial charge on any atom is 0.329 e. The van der Waals surface area contributed by atoms with Crippen LogP contribution in [0.2, 0.25) is 0 Å². The van der Waals surface area contributed by atoms with Gasteiger partial charge in [-0.2, -0.15) is 0 Å². The molecule has 1 N–H and O–H groups in total. The zero-order valence-corrected chi connectivity index (χ0v) is 11.7. The molecule has 1 saturated heterocycles. The van der Waals surface area contributed by atoms with Crippen LogP contribution in [-0.4, -0.2) is 20.9 Å². The molecule has 1 aliphatic heterocycles. The van der Waals surface area contributed by atoms with Gasteiger partial charge >= 0.3 is 5.69 Å². The van der Waals surface area contributed by atoms with Gasteiger partial charge in [-0.15, -0.1) is 6.42 Å². The summed E-state index contributed by atoms with van der Waals surface area (Å²) >= 11 is 0. The lowest BCUT2D eigenvalue weighted by Gasteiger charge is -2.21. The van der Waals surface area contributed by atoms with E-state index in [-0.39, 0.29) is 35.3 Å². The Morgan fingerprint density at radius 1 is 1.36 bits per heavy atom. The molecule has 2 aromatic rings. The number of aromatic nitrogens is 2. The highest BCUT2D eigenvalue weighted by Gasteiger charge is 2.31. The van der Waals surface area contributed by atoms with Crippen molar-refractivity contribution in [3.63, 3.8) is 0 Å². The summed E-state index contributed by atoms with van der Waals surface area (Å²) in [5.74, 6) is 0.597. The molecule has 112 valence electrons. The van der Waals surface area contributed by atoms with Crippen LogP contribution in [-0.2, 0) is 16.6 Å². The van der Waals surface area contributed by atoms with Gasteiger partial charge in [0.25, 0.3) is 0 Å². The molecule has 2 heterocycles. The van der Waals surface area contributed by atoms with E-state index >= 15 is 0 Å². The molecule has 1 aromatic heterocycles. The van der Waals surface area contributed by atoms with E-state index in [0.717, 1.165) is 4.57 Å².